The Hall–Kier alpha value is -2.49. The summed E-state index contributed by atoms with van der Waals surface area (Å²) < 4.78 is 1.32. The van der Waals surface area contributed by atoms with Crippen molar-refractivity contribution in [2.24, 2.45) is 0 Å². The van der Waals surface area contributed by atoms with Gasteiger partial charge in [-0.3, -0.25) is 4.79 Å². The van der Waals surface area contributed by atoms with E-state index in [1.807, 2.05) is 12.3 Å². The van der Waals surface area contributed by atoms with Gasteiger partial charge < -0.3 is 11.1 Å². The van der Waals surface area contributed by atoms with Gasteiger partial charge in [0.25, 0.3) is 5.56 Å². The maximum atomic E-state index is 12.9. The number of rotatable bonds is 4. The zero-order valence-electron chi connectivity index (χ0n) is 13.6. The number of nitrogens with zero attached hydrogens (tertiary/aromatic N) is 4. The van der Waals surface area contributed by atoms with E-state index < -0.39 is 0 Å². The third-order valence-corrected chi connectivity index (χ3v) is 5.66. The summed E-state index contributed by atoms with van der Waals surface area (Å²) in [5.41, 5.74) is 6.96. The van der Waals surface area contributed by atoms with Crippen LogP contribution >= 0.6 is 34.3 Å². The molecule has 0 amide bonds. The highest BCUT2D eigenvalue weighted by Gasteiger charge is 2.19. The van der Waals surface area contributed by atoms with E-state index in [0.29, 0.717) is 42.3 Å². The fourth-order valence-corrected chi connectivity index (χ4v) is 4.26. The second kappa shape index (κ2) is 6.67. The molecule has 0 fully saturated rings. The minimum Gasteiger partial charge on any atom is -0.390 e. The minimum absolute atomic E-state index is 0.277. The number of nitrogen functional groups attached to an aromatic ring is 1. The number of thiophene rings is 1. The normalized spacial score (nSPS) is 11.2. The lowest BCUT2D eigenvalue weighted by atomic mass is 10.2. The highest BCUT2D eigenvalue weighted by atomic mass is 35.5. The Morgan fingerprint density at radius 1 is 1.27 bits per heavy atom. The molecule has 0 aliphatic heterocycles. The van der Waals surface area contributed by atoms with Crippen molar-refractivity contribution < 1.29 is 0 Å². The van der Waals surface area contributed by atoms with Crippen molar-refractivity contribution in [3.05, 3.63) is 45.0 Å². The molecule has 0 aliphatic rings. The van der Waals surface area contributed by atoms with Crippen LogP contribution in [0, 0.1) is 0 Å². The van der Waals surface area contributed by atoms with E-state index >= 15 is 0 Å². The predicted octanol–water partition coefficient (Wildman–Crippen LogP) is 3.63. The molecule has 3 heterocycles. The van der Waals surface area contributed by atoms with Crippen LogP contribution in [-0.4, -0.2) is 26.5 Å². The van der Waals surface area contributed by atoms with E-state index in [9.17, 15) is 4.79 Å². The molecule has 4 aromatic rings. The molecule has 26 heavy (non-hydrogen) atoms. The highest BCUT2D eigenvalue weighted by Crippen LogP contribution is 2.34. The zero-order chi connectivity index (χ0) is 18.3. The number of aromatic nitrogens is 4. The molecule has 3 N–H and O–H groups in total. The van der Waals surface area contributed by atoms with Gasteiger partial charge in [-0.25, -0.2) is 0 Å². The first-order valence-corrected chi connectivity index (χ1v) is 9.79. The molecular weight excluding hydrogens is 392 g/mol. The number of hydrogen-bond donors (Lipinski definition) is 2. The number of anilines is 2. The highest BCUT2D eigenvalue weighted by molar-refractivity contribution is 7.18. The van der Waals surface area contributed by atoms with Crippen molar-refractivity contribution in [3.8, 4) is 16.4 Å². The topological polar surface area (TPSA) is 98.7 Å². The Morgan fingerprint density at radius 2 is 2.04 bits per heavy atom. The summed E-state index contributed by atoms with van der Waals surface area (Å²) in [5.74, 6) is 0. The van der Waals surface area contributed by atoms with Crippen molar-refractivity contribution in [1.29, 1.82) is 0 Å². The molecule has 132 valence electrons. The van der Waals surface area contributed by atoms with Gasteiger partial charge >= 0.3 is 0 Å². The van der Waals surface area contributed by atoms with Crippen molar-refractivity contribution in [2.45, 2.75) is 6.92 Å². The van der Waals surface area contributed by atoms with Gasteiger partial charge in [-0.15, -0.1) is 21.5 Å². The van der Waals surface area contributed by atoms with Crippen LogP contribution in [0.2, 0.25) is 5.02 Å². The Bertz CT molecular complexity index is 1150. The summed E-state index contributed by atoms with van der Waals surface area (Å²) in [4.78, 5) is 12.9. The van der Waals surface area contributed by atoms with E-state index in [1.54, 1.807) is 24.3 Å². The fourth-order valence-electron chi connectivity index (χ4n) is 2.53. The van der Waals surface area contributed by atoms with Crippen molar-refractivity contribution in [2.75, 3.05) is 17.6 Å². The molecule has 0 bridgehead atoms. The molecule has 10 heteroatoms. The third kappa shape index (κ3) is 2.83. The van der Waals surface area contributed by atoms with Crippen LogP contribution in [-0.2, 0) is 0 Å². The predicted molar refractivity (Wildman–Crippen MR) is 108 cm³/mol. The molecule has 0 atom stereocenters. The lowest BCUT2D eigenvalue weighted by Gasteiger charge is -2.08. The van der Waals surface area contributed by atoms with Crippen LogP contribution in [0.1, 0.15) is 6.92 Å². The number of nitrogens with two attached hydrogens (primary N) is 1. The molecule has 0 saturated heterocycles. The minimum atomic E-state index is -0.277. The van der Waals surface area contributed by atoms with Crippen LogP contribution in [0.25, 0.3) is 27.2 Å². The van der Waals surface area contributed by atoms with Crippen molar-refractivity contribution in [1.82, 2.24) is 20.0 Å². The first-order valence-electron chi connectivity index (χ1n) is 7.72. The van der Waals surface area contributed by atoms with Crippen molar-refractivity contribution in [3.63, 3.8) is 0 Å². The summed E-state index contributed by atoms with van der Waals surface area (Å²) in [5, 5.41) is 21.3. The van der Waals surface area contributed by atoms with Gasteiger partial charge in [-0.2, -0.15) is 9.78 Å². The maximum Gasteiger partial charge on any atom is 0.282 e. The number of hydrogen-bond acceptors (Lipinski definition) is 8. The summed E-state index contributed by atoms with van der Waals surface area (Å²) in [6, 6.07) is 6.89. The molecule has 7 nitrogen and oxygen atoms in total. The molecular formula is C16H13ClN6OS2. The maximum absolute atomic E-state index is 12.9. The van der Waals surface area contributed by atoms with E-state index in [0.717, 1.165) is 6.54 Å². The lowest BCUT2D eigenvalue weighted by Crippen LogP contribution is -2.22. The average molecular weight is 405 g/mol. The molecule has 0 saturated carbocycles. The third-order valence-electron chi connectivity index (χ3n) is 3.71. The first-order chi connectivity index (χ1) is 12.6. The second-order valence-corrected chi connectivity index (χ2v) is 7.70. The monoisotopic (exact) mass is 404 g/mol. The SMILES string of the molecule is CCNc1nnc(-c2nn(-c3ccc(Cl)cc3)c(=O)c3c(N)scc23)s1. The fraction of sp³-hybridized carbons (Fsp3) is 0.125. The van der Waals surface area contributed by atoms with Gasteiger partial charge in [0.15, 0.2) is 5.01 Å². The molecule has 1 aromatic carbocycles. The lowest BCUT2D eigenvalue weighted by molar-refractivity contribution is 0.825. The van der Waals surface area contributed by atoms with Gasteiger partial charge in [0, 0.05) is 22.3 Å². The Kier molecular flexibility index (Phi) is 4.35. The largest absolute Gasteiger partial charge is 0.390 e. The Labute approximate surface area is 161 Å². The quantitative estimate of drug-likeness (QED) is 0.538. The van der Waals surface area contributed by atoms with Gasteiger partial charge in [-0.1, -0.05) is 22.9 Å². The molecule has 4 rings (SSSR count). The molecule has 0 spiro atoms. The number of benzene rings is 1. The van der Waals surface area contributed by atoms with Crippen LogP contribution in [0.4, 0.5) is 10.1 Å². The van der Waals surface area contributed by atoms with Crippen LogP contribution < -0.4 is 16.6 Å². The van der Waals surface area contributed by atoms with E-state index in [2.05, 4.69) is 20.6 Å². The first kappa shape index (κ1) is 17.0. The molecule has 0 unspecified atom stereocenters. The van der Waals surface area contributed by atoms with E-state index in [-0.39, 0.29) is 5.56 Å². The smallest absolute Gasteiger partial charge is 0.282 e. The van der Waals surface area contributed by atoms with Crippen LogP contribution in [0.5, 0.6) is 0 Å². The molecule has 3 aromatic heterocycles. The van der Waals surface area contributed by atoms with Gasteiger partial charge in [0.2, 0.25) is 5.13 Å². The van der Waals surface area contributed by atoms with Gasteiger partial charge in [0.05, 0.1) is 16.1 Å². The standard InChI is InChI=1S/C16H13ClN6OS2/c1-2-19-16-21-20-14(26-16)12-10-7-25-13(18)11(10)15(24)23(22-12)9-5-3-8(17)4-6-9/h3-7H,2,18H2,1H3,(H,19,21). The van der Waals surface area contributed by atoms with E-state index in [1.165, 1.54) is 27.4 Å². The van der Waals surface area contributed by atoms with E-state index in [4.69, 9.17) is 17.3 Å². The average Bonchev–Trinajstić information content (AvgIpc) is 3.24. The Balaban J connectivity index is 1.98. The van der Waals surface area contributed by atoms with Crippen molar-refractivity contribution >= 4 is 55.2 Å². The number of halogens is 1. The number of nitrogens with one attached hydrogen (secondary N) is 1. The zero-order valence-corrected chi connectivity index (χ0v) is 16.0. The van der Waals surface area contributed by atoms with Crippen LogP contribution in [0.3, 0.4) is 0 Å². The second-order valence-electron chi connectivity index (χ2n) is 5.37. The summed E-state index contributed by atoms with van der Waals surface area (Å²) in [6.07, 6.45) is 0. The molecule has 0 aliphatic carbocycles. The van der Waals surface area contributed by atoms with Gasteiger partial charge in [-0.05, 0) is 31.2 Å². The van der Waals surface area contributed by atoms with Gasteiger partial charge in [0.1, 0.15) is 5.69 Å². The summed E-state index contributed by atoms with van der Waals surface area (Å²) in [6.45, 7) is 2.73. The summed E-state index contributed by atoms with van der Waals surface area (Å²) >= 11 is 8.64. The summed E-state index contributed by atoms with van der Waals surface area (Å²) in [7, 11) is 0. The molecule has 0 radical (unpaired) electrons. The van der Waals surface area contributed by atoms with Crippen LogP contribution in [0.15, 0.2) is 34.4 Å². The number of fused-ring (bicyclic) bond motifs is 1. The Morgan fingerprint density at radius 3 is 2.77 bits per heavy atom.